The van der Waals surface area contributed by atoms with E-state index in [-0.39, 0.29) is 17.1 Å². The number of hydrogen-bond donors (Lipinski definition) is 1. The Morgan fingerprint density at radius 2 is 2.07 bits per heavy atom. The number of benzene rings is 1. The number of carbonyl (C=O) groups excluding carboxylic acids is 1. The fourth-order valence-corrected chi connectivity index (χ4v) is 3.15. The Labute approximate surface area is 165 Å². The molecule has 0 unspecified atom stereocenters. The summed E-state index contributed by atoms with van der Waals surface area (Å²) in [7, 11) is 0. The van der Waals surface area contributed by atoms with Crippen LogP contribution in [0.25, 0.3) is 16.9 Å². The average molecular weight is 391 g/mol. The van der Waals surface area contributed by atoms with Crippen molar-refractivity contribution >= 4 is 22.9 Å². The number of aryl methyl sites for hydroxylation is 1. The zero-order valence-corrected chi connectivity index (χ0v) is 15.7. The Bertz CT molecular complexity index is 1240. The van der Waals surface area contributed by atoms with Crippen LogP contribution in [0.1, 0.15) is 23.1 Å². The van der Waals surface area contributed by atoms with Crippen molar-refractivity contribution in [2.45, 2.75) is 20.4 Å². The first-order valence-electron chi connectivity index (χ1n) is 8.92. The maximum absolute atomic E-state index is 12.7. The minimum Gasteiger partial charge on any atom is -0.315 e. The Morgan fingerprint density at radius 1 is 1.28 bits per heavy atom. The molecule has 29 heavy (non-hydrogen) atoms. The number of para-hydroxylation sites is 2. The Kier molecular flexibility index (Phi) is 4.51. The van der Waals surface area contributed by atoms with Gasteiger partial charge in [-0.15, -0.1) is 0 Å². The van der Waals surface area contributed by atoms with Crippen LogP contribution in [0, 0.1) is 17.0 Å². The molecule has 0 aliphatic carbocycles. The Hall–Kier alpha value is -4.08. The van der Waals surface area contributed by atoms with E-state index in [0.717, 1.165) is 23.5 Å². The highest BCUT2D eigenvalue weighted by molar-refractivity contribution is 6.04. The van der Waals surface area contributed by atoms with Crippen LogP contribution in [0.15, 0.2) is 48.8 Å². The van der Waals surface area contributed by atoms with Gasteiger partial charge in [0.1, 0.15) is 5.69 Å². The lowest BCUT2D eigenvalue weighted by Crippen LogP contribution is -2.14. The fraction of sp³-hybridized carbons (Fsp3) is 0.158. The van der Waals surface area contributed by atoms with Crippen molar-refractivity contribution in [3.05, 3.63) is 70.3 Å². The summed E-state index contributed by atoms with van der Waals surface area (Å²) in [5.74, 6) is -0.559. The van der Waals surface area contributed by atoms with Crippen LogP contribution in [-0.4, -0.2) is 35.2 Å². The van der Waals surface area contributed by atoms with Crippen LogP contribution in [0.5, 0.6) is 0 Å². The van der Waals surface area contributed by atoms with E-state index in [1.54, 1.807) is 29.0 Å². The fourth-order valence-electron chi connectivity index (χ4n) is 3.15. The minimum atomic E-state index is -0.559. The lowest BCUT2D eigenvalue weighted by molar-refractivity contribution is -0.383. The van der Waals surface area contributed by atoms with E-state index < -0.39 is 10.8 Å². The third kappa shape index (κ3) is 3.20. The van der Waals surface area contributed by atoms with E-state index in [1.807, 2.05) is 18.5 Å². The lowest BCUT2D eigenvalue weighted by Gasteiger charge is -2.05. The Morgan fingerprint density at radius 3 is 2.79 bits per heavy atom. The summed E-state index contributed by atoms with van der Waals surface area (Å²) in [6.07, 6.45) is 3.39. The maximum Gasteiger partial charge on any atom is 0.292 e. The van der Waals surface area contributed by atoms with E-state index >= 15 is 0 Å². The number of nitro groups is 1. The number of amides is 1. The van der Waals surface area contributed by atoms with Gasteiger partial charge in [0.25, 0.3) is 11.6 Å². The van der Waals surface area contributed by atoms with Gasteiger partial charge in [-0.1, -0.05) is 12.1 Å². The topological polar surface area (TPSA) is 120 Å². The highest BCUT2D eigenvalue weighted by Gasteiger charge is 2.19. The van der Waals surface area contributed by atoms with E-state index in [1.165, 1.54) is 24.3 Å². The van der Waals surface area contributed by atoms with Gasteiger partial charge in [0.05, 0.1) is 16.8 Å². The molecule has 1 amide bonds. The molecule has 0 fully saturated rings. The molecule has 0 aliphatic heterocycles. The lowest BCUT2D eigenvalue weighted by atomic mass is 10.2. The average Bonchev–Trinajstić information content (AvgIpc) is 3.31. The molecule has 4 rings (SSSR count). The molecule has 146 valence electrons. The second kappa shape index (κ2) is 7.15. The predicted octanol–water partition coefficient (Wildman–Crippen LogP) is 3.08. The molecule has 10 heteroatoms. The van der Waals surface area contributed by atoms with Crippen LogP contribution < -0.4 is 5.32 Å². The molecule has 0 spiro atoms. The summed E-state index contributed by atoms with van der Waals surface area (Å²) in [6, 6.07) is 9.28. The van der Waals surface area contributed by atoms with E-state index in [9.17, 15) is 14.9 Å². The third-order valence-electron chi connectivity index (χ3n) is 4.62. The summed E-state index contributed by atoms with van der Waals surface area (Å²) in [4.78, 5) is 27.5. The molecular formula is C19H17N7O3. The summed E-state index contributed by atoms with van der Waals surface area (Å²) in [5.41, 5.74) is 3.10. The quantitative estimate of drug-likeness (QED) is 0.412. The minimum absolute atomic E-state index is 0.101. The van der Waals surface area contributed by atoms with Gasteiger partial charge in [-0.3, -0.25) is 19.6 Å². The van der Waals surface area contributed by atoms with Crippen molar-refractivity contribution in [1.82, 2.24) is 24.4 Å². The van der Waals surface area contributed by atoms with Crippen LogP contribution in [0.3, 0.4) is 0 Å². The molecule has 3 aromatic heterocycles. The van der Waals surface area contributed by atoms with Gasteiger partial charge in [0, 0.05) is 36.1 Å². The van der Waals surface area contributed by atoms with Crippen molar-refractivity contribution < 1.29 is 9.72 Å². The number of fused-ring (bicyclic) bond motifs is 1. The molecule has 3 heterocycles. The number of nitrogens with one attached hydrogen (secondary N) is 1. The zero-order valence-electron chi connectivity index (χ0n) is 15.7. The number of aromatic nitrogens is 5. The van der Waals surface area contributed by atoms with Crippen LogP contribution in [-0.2, 0) is 6.54 Å². The van der Waals surface area contributed by atoms with Gasteiger partial charge in [0.15, 0.2) is 11.3 Å². The number of carbonyl (C=O) groups is 1. The molecule has 4 aromatic rings. The molecule has 0 aliphatic rings. The Balaban J connectivity index is 1.72. The summed E-state index contributed by atoms with van der Waals surface area (Å²) < 4.78 is 3.44. The van der Waals surface area contributed by atoms with Gasteiger partial charge >= 0.3 is 0 Å². The normalized spacial score (nSPS) is 11.0. The first kappa shape index (κ1) is 18.3. The van der Waals surface area contributed by atoms with Gasteiger partial charge in [0.2, 0.25) is 0 Å². The number of rotatable bonds is 5. The highest BCUT2D eigenvalue weighted by Crippen LogP contribution is 2.25. The maximum atomic E-state index is 12.7. The summed E-state index contributed by atoms with van der Waals surface area (Å²) >= 11 is 0. The smallest absolute Gasteiger partial charge is 0.292 e. The molecule has 10 nitrogen and oxygen atoms in total. The molecule has 0 saturated carbocycles. The largest absolute Gasteiger partial charge is 0.315 e. The second-order valence-corrected chi connectivity index (χ2v) is 6.32. The van der Waals surface area contributed by atoms with Crippen molar-refractivity contribution in [3.63, 3.8) is 0 Å². The van der Waals surface area contributed by atoms with Gasteiger partial charge in [-0.2, -0.15) is 10.2 Å². The van der Waals surface area contributed by atoms with Crippen molar-refractivity contribution in [1.29, 1.82) is 0 Å². The van der Waals surface area contributed by atoms with E-state index in [4.69, 9.17) is 0 Å². The molecular weight excluding hydrogens is 374 g/mol. The number of nitrogens with zero attached hydrogens (tertiary/aromatic N) is 6. The molecule has 0 atom stereocenters. The zero-order chi connectivity index (χ0) is 20.5. The second-order valence-electron chi connectivity index (χ2n) is 6.32. The molecule has 0 radical (unpaired) electrons. The van der Waals surface area contributed by atoms with Gasteiger partial charge in [-0.05, 0) is 26.0 Å². The van der Waals surface area contributed by atoms with Crippen LogP contribution in [0.2, 0.25) is 0 Å². The first-order chi connectivity index (χ1) is 14.0. The van der Waals surface area contributed by atoms with Crippen LogP contribution in [0.4, 0.5) is 11.4 Å². The third-order valence-corrected chi connectivity index (χ3v) is 4.62. The van der Waals surface area contributed by atoms with Crippen molar-refractivity contribution in [3.8, 4) is 11.3 Å². The van der Waals surface area contributed by atoms with E-state index in [2.05, 4.69) is 20.5 Å². The van der Waals surface area contributed by atoms with Crippen molar-refractivity contribution in [2.75, 3.05) is 5.32 Å². The molecule has 1 N–H and O–H groups in total. The standard InChI is InChI=1S/C19H17N7O3/c1-3-24-12(2)13(11-21-24)16-8-9-20-18-10-15(23-25(16)18)19(27)22-14-6-4-5-7-17(14)26(28)29/h4-11H,3H2,1-2H3,(H,22,27). The monoisotopic (exact) mass is 391 g/mol. The predicted molar refractivity (Wildman–Crippen MR) is 106 cm³/mol. The summed E-state index contributed by atoms with van der Waals surface area (Å²) in [5, 5.41) is 22.4. The number of anilines is 1. The number of hydrogen-bond acceptors (Lipinski definition) is 6. The highest BCUT2D eigenvalue weighted by atomic mass is 16.6. The van der Waals surface area contributed by atoms with Gasteiger partial charge in [-0.25, -0.2) is 9.50 Å². The molecule has 1 aromatic carbocycles. The first-order valence-corrected chi connectivity index (χ1v) is 8.92. The molecule has 0 bridgehead atoms. The number of nitro benzene ring substituents is 1. The van der Waals surface area contributed by atoms with Crippen LogP contribution >= 0.6 is 0 Å². The SMILES string of the molecule is CCn1ncc(-c2ccnc3cc(C(=O)Nc4ccccc4[N+](=O)[O-])nn23)c1C. The van der Waals surface area contributed by atoms with Gasteiger partial charge < -0.3 is 5.32 Å². The van der Waals surface area contributed by atoms with E-state index in [0.29, 0.717) is 5.65 Å². The molecule has 0 saturated heterocycles. The van der Waals surface area contributed by atoms with Crippen molar-refractivity contribution in [2.24, 2.45) is 0 Å². The summed E-state index contributed by atoms with van der Waals surface area (Å²) in [6.45, 7) is 4.71.